The lowest BCUT2D eigenvalue weighted by molar-refractivity contribution is -0.118. The molecule has 1 aromatic rings. The van der Waals surface area contributed by atoms with E-state index in [-0.39, 0.29) is 0 Å². The van der Waals surface area contributed by atoms with Gasteiger partial charge in [0.05, 0.1) is 11.4 Å². The molecule has 78 valence electrons. The number of hydrogen-bond acceptors (Lipinski definition) is 2. The first-order valence-electron chi connectivity index (χ1n) is 4.16. The zero-order valence-corrected chi connectivity index (χ0v) is 8.68. The highest BCUT2D eigenvalue weighted by atomic mass is 35.5. The van der Waals surface area contributed by atoms with Crippen LogP contribution in [-0.2, 0) is 18.3 Å². The first kappa shape index (κ1) is 11.0. The number of amides is 1. The van der Waals surface area contributed by atoms with Crippen LogP contribution in [0.2, 0.25) is 0 Å². The third kappa shape index (κ3) is 2.45. The number of hydrogen-bond donors (Lipinski definition) is 1. The van der Waals surface area contributed by atoms with Gasteiger partial charge in [0.25, 0.3) is 11.5 Å². The van der Waals surface area contributed by atoms with Crippen molar-refractivity contribution in [1.82, 2.24) is 9.78 Å². The molecule has 0 aliphatic carbocycles. The van der Waals surface area contributed by atoms with Crippen molar-refractivity contribution in [2.45, 2.75) is 19.0 Å². The topological polar surface area (TPSA) is 46.9 Å². The second kappa shape index (κ2) is 4.41. The van der Waals surface area contributed by atoms with Gasteiger partial charge in [-0.25, -0.2) is 4.39 Å². The normalized spacial score (nSPS) is 12.6. The Morgan fingerprint density at radius 1 is 1.86 bits per heavy atom. The maximum absolute atomic E-state index is 12.3. The molecule has 0 saturated carbocycles. The first-order chi connectivity index (χ1) is 6.54. The van der Waals surface area contributed by atoms with E-state index in [9.17, 15) is 9.18 Å². The average molecular weight is 220 g/mol. The number of carbonyl (C=O) groups is 1. The molecule has 1 rings (SSSR count). The summed E-state index contributed by atoms with van der Waals surface area (Å²) in [4.78, 5) is 10.9. The minimum Gasteiger partial charge on any atom is -0.320 e. The molecule has 0 radical (unpaired) electrons. The van der Waals surface area contributed by atoms with E-state index in [0.717, 1.165) is 0 Å². The van der Waals surface area contributed by atoms with Crippen molar-refractivity contribution in [2.75, 3.05) is 5.32 Å². The number of alkyl halides is 2. The fourth-order valence-electron chi connectivity index (χ4n) is 1.09. The number of nitrogens with zero attached hydrogens (tertiary/aromatic N) is 2. The summed E-state index contributed by atoms with van der Waals surface area (Å²) in [7, 11) is 1.72. The second-order valence-electron chi connectivity index (χ2n) is 2.81. The molecule has 1 unspecified atom stereocenters. The third-order valence-electron chi connectivity index (χ3n) is 1.70. The average Bonchev–Trinajstić information content (AvgIpc) is 2.45. The standard InChI is InChI=1S/C8H11ClFN3O/c1-3-5-6(4-13(2)12-5)11-8(14)7(9)10/h4,7H,3H2,1-2H3,(H,11,14). The Kier molecular flexibility index (Phi) is 3.46. The first-order valence-corrected chi connectivity index (χ1v) is 4.59. The molecule has 1 aromatic heterocycles. The van der Waals surface area contributed by atoms with Crippen LogP contribution >= 0.6 is 11.6 Å². The van der Waals surface area contributed by atoms with Crippen LogP contribution in [-0.4, -0.2) is 21.3 Å². The molecular formula is C8H11ClFN3O. The van der Waals surface area contributed by atoms with E-state index in [0.29, 0.717) is 17.8 Å². The van der Waals surface area contributed by atoms with Crippen LogP contribution in [0.15, 0.2) is 6.20 Å². The summed E-state index contributed by atoms with van der Waals surface area (Å²) in [5.41, 5.74) is -0.818. The molecule has 0 aliphatic heterocycles. The summed E-state index contributed by atoms with van der Waals surface area (Å²) in [6.07, 6.45) is 2.27. The Hall–Kier alpha value is -1.10. The highest BCUT2D eigenvalue weighted by molar-refractivity contribution is 6.31. The number of aromatic nitrogens is 2. The van der Waals surface area contributed by atoms with Crippen molar-refractivity contribution < 1.29 is 9.18 Å². The smallest absolute Gasteiger partial charge is 0.274 e. The van der Waals surface area contributed by atoms with Crippen LogP contribution in [0.25, 0.3) is 0 Å². The summed E-state index contributed by atoms with van der Waals surface area (Å²) in [6.45, 7) is 1.89. The number of anilines is 1. The molecular weight excluding hydrogens is 209 g/mol. The van der Waals surface area contributed by atoms with Crippen LogP contribution < -0.4 is 5.32 Å². The predicted molar refractivity (Wildman–Crippen MR) is 52.0 cm³/mol. The van der Waals surface area contributed by atoms with Crippen molar-refractivity contribution in [3.8, 4) is 0 Å². The summed E-state index contributed by atoms with van der Waals surface area (Å²) in [6, 6.07) is 0. The van der Waals surface area contributed by atoms with Gasteiger partial charge in [-0.3, -0.25) is 9.48 Å². The lowest BCUT2D eigenvalue weighted by Gasteiger charge is -2.02. The Morgan fingerprint density at radius 3 is 3.00 bits per heavy atom. The molecule has 1 heterocycles. The summed E-state index contributed by atoms with van der Waals surface area (Å²) in [5.74, 6) is -0.866. The Labute approximate surface area is 86.0 Å². The number of carbonyl (C=O) groups excluding carboxylic acids is 1. The van der Waals surface area contributed by atoms with Crippen molar-refractivity contribution in [2.24, 2.45) is 7.05 Å². The molecule has 0 fully saturated rings. The van der Waals surface area contributed by atoms with Crippen LogP contribution in [0.3, 0.4) is 0 Å². The number of nitrogens with one attached hydrogen (secondary N) is 1. The van der Waals surface area contributed by atoms with E-state index in [1.165, 1.54) is 0 Å². The SMILES string of the molecule is CCc1nn(C)cc1NC(=O)C(F)Cl. The molecule has 6 heteroatoms. The monoisotopic (exact) mass is 219 g/mol. The van der Waals surface area contributed by atoms with E-state index >= 15 is 0 Å². The van der Waals surface area contributed by atoms with Gasteiger partial charge in [-0.15, -0.1) is 0 Å². The van der Waals surface area contributed by atoms with E-state index in [4.69, 9.17) is 11.6 Å². The van der Waals surface area contributed by atoms with Gasteiger partial charge in [0.15, 0.2) is 0 Å². The Bertz CT molecular complexity index is 337. The van der Waals surface area contributed by atoms with Gasteiger partial charge in [-0.05, 0) is 6.42 Å². The van der Waals surface area contributed by atoms with Gasteiger partial charge in [0, 0.05) is 13.2 Å². The Morgan fingerprint density at radius 2 is 2.50 bits per heavy atom. The second-order valence-corrected chi connectivity index (χ2v) is 3.19. The van der Waals surface area contributed by atoms with E-state index in [1.54, 1.807) is 17.9 Å². The highest BCUT2D eigenvalue weighted by Crippen LogP contribution is 2.14. The van der Waals surface area contributed by atoms with Gasteiger partial charge >= 0.3 is 0 Å². The van der Waals surface area contributed by atoms with Gasteiger partial charge < -0.3 is 5.32 Å². The maximum atomic E-state index is 12.3. The number of rotatable bonds is 3. The third-order valence-corrected chi connectivity index (χ3v) is 1.89. The van der Waals surface area contributed by atoms with E-state index in [2.05, 4.69) is 10.4 Å². The minimum atomic E-state index is -2.03. The lowest BCUT2D eigenvalue weighted by Crippen LogP contribution is -2.19. The lowest BCUT2D eigenvalue weighted by atomic mass is 10.3. The van der Waals surface area contributed by atoms with Crippen LogP contribution in [0.1, 0.15) is 12.6 Å². The molecule has 1 atom stereocenters. The number of halogens is 2. The molecule has 4 nitrogen and oxygen atoms in total. The van der Waals surface area contributed by atoms with Crippen LogP contribution in [0.4, 0.5) is 10.1 Å². The van der Waals surface area contributed by atoms with Crippen LogP contribution in [0, 0.1) is 0 Å². The van der Waals surface area contributed by atoms with Crippen LogP contribution in [0.5, 0.6) is 0 Å². The zero-order chi connectivity index (χ0) is 10.7. The molecule has 0 aromatic carbocycles. The predicted octanol–water partition coefficient (Wildman–Crippen LogP) is 1.46. The molecule has 0 spiro atoms. The summed E-state index contributed by atoms with van der Waals surface area (Å²) in [5, 5.41) is 6.43. The summed E-state index contributed by atoms with van der Waals surface area (Å²) >= 11 is 4.97. The van der Waals surface area contributed by atoms with E-state index < -0.39 is 11.5 Å². The maximum Gasteiger partial charge on any atom is 0.274 e. The van der Waals surface area contributed by atoms with Crippen molar-refractivity contribution in [3.05, 3.63) is 11.9 Å². The fraction of sp³-hybridized carbons (Fsp3) is 0.500. The minimum absolute atomic E-state index is 0.503. The van der Waals surface area contributed by atoms with Gasteiger partial charge in [0.1, 0.15) is 0 Å². The van der Waals surface area contributed by atoms with Crippen molar-refractivity contribution >= 4 is 23.2 Å². The van der Waals surface area contributed by atoms with Gasteiger partial charge in [-0.1, -0.05) is 18.5 Å². The van der Waals surface area contributed by atoms with Crippen molar-refractivity contribution in [3.63, 3.8) is 0 Å². The largest absolute Gasteiger partial charge is 0.320 e. The molecule has 14 heavy (non-hydrogen) atoms. The quantitative estimate of drug-likeness (QED) is 0.783. The van der Waals surface area contributed by atoms with Gasteiger partial charge in [-0.2, -0.15) is 5.10 Å². The van der Waals surface area contributed by atoms with E-state index in [1.807, 2.05) is 6.92 Å². The fourth-order valence-corrected chi connectivity index (χ4v) is 1.14. The molecule has 1 N–H and O–H groups in total. The van der Waals surface area contributed by atoms with Crippen molar-refractivity contribution in [1.29, 1.82) is 0 Å². The Balaban J connectivity index is 2.80. The molecule has 0 bridgehead atoms. The molecule has 1 amide bonds. The zero-order valence-electron chi connectivity index (χ0n) is 7.92. The summed E-state index contributed by atoms with van der Waals surface area (Å²) < 4.78 is 13.9. The van der Waals surface area contributed by atoms with Gasteiger partial charge in [0.2, 0.25) is 0 Å². The highest BCUT2D eigenvalue weighted by Gasteiger charge is 2.16. The molecule has 0 aliphatic rings. The number of aryl methyl sites for hydroxylation is 2. The molecule has 0 saturated heterocycles.